The second-order valence-corrected chi connectivity index (χ2v) is 4.39. The Kier molecular flexibility index (Phi) is 3.74. The van der Waals surface area contributed by atoms with Crippen molar-refractivity contribution < 1.29 is 0 Å². The van der Waals surface area contributed by atoms with E-state index in [4.69, 9.17) is 0 Å². The van der Waals surface area contributed by atoms with Crippen LogP contribution < -0.4 is 5.56 Å². The SMILES string of the molecule is CC.Cc1cn2nc(-c3nccn3C)[nH]c(=O)c2c1C. The molecular formula is C14H19N5O. The van der Waals surface area contributed by atoms with E-state index in [1.54, 1.807) is 10.7 Å². The Bertz CT molecular complexity index is 794. The van der Waals surface area contributed by atoms with Gasteiger partial charge in [-0.3, -0.25) is 4.79 Å². The summed E-state index contributed by atoms with van der Waals surface area (Å²) < 4.78 is 3.43. The fourth-order valence-electron chi connectivity index (χ4n) is 2.05. The van der Waals surface area contributed by atoms with Gasteiger partial charge in [-0.1, -0.05) is 13.8 Å². The average Bonchev–Trinajstić information content (AvgIpc) is 2.97. The van der Waals surface area contributed by atoms with Gasteiger partial charge in [-0.2, -0.15) is 0 Å². The van der Waals surface area contributed by atoms with Gasteiger partial charge >= 0.3 is 0 Å². The molecule has 106 valence electrons. The number of aryl methyl sites for hydroxylation is 3. The molecule has 0 amide bonds. The zero-order valence-corrected chi connectivity index (χ0v) is 12.4. The first-order valence-electron chi connectivity index (χ1n) is 6.64. The third-order valence-corrected chi connectivity index (χ3v) is 3.18. The lowest BCUT2D eigenvalue weighted by Crippen LogP contribution is -2.15. The molecule has 0 bridgehead atoms. The van der Waals surface area contributed by atoms with Crippen LogP contribution in [0.2, 0.25) is 0 Å². The number of hydrogen-bond acceptors (Lipinski definition) is 3. The summed E-state index contributed by atoms with van der Waals surface area (Å²) in [6.07, 6.45) is 5.34. The van der Waals surface area contributed by atoms with E-state index < -0.39 is 0 Å². The van der Waals surface area contributed by atoms with Gasteiger partial charge in [0, 0.05) is 25.6 Å². The summed E-state index contributed by atoms with van der Waals surface area (Å²) >= 11 is 0. The van der Waals surface area contributed by atoms with Crippen molar-refractivity contribution in [1.29, 1.82) is 0 Å². The lowest BCUT2D eigenvalue weighted by Gasteiger charge is -2.02. The highest BCUT2D eigenvalue weighted by molar-refractivity contribution is 5.57. The van der Waals surface area contributed by atoms with E-state index in [1.165, 1.54) is 0 Å². The zero-order chi connectivity index (χ0) is 14.9. The van der Waals surface area contributed by atoms with Crippen molar-refractivity contribution in [3.8, 4) is 11.6 Å². The quantitative estimate of drug-likeness (QED) is 0.738. The first-order chi connectivity index (χ1) is 9.58. The van der Waals surface area contributed by atoms with Gasteiger partial charge in [0.05, 0.1) is 0 Å². The van der Waals surface area contributed by atoms with E-state index in [0.29, 0.717) is 17.2 Å². The smallest absolute Gasteiger partial charge is 0.275 e. The van der Waals surface area contributed by atoms with Crippen molar-refractivity contribution in [3.63, 3.8) is 0 Å². The third kappa shape index (κ3) is 2.13. The Balaban J connectivity index is 0.000000704. The van der Waals surface area contributed by atoms with Crippen molar-refractivity contribution in [2.24, 2.45) is 7.05 Å². The number of aromatic amines is 1. The van der Waals surface area contributed by atoms with Crippen LogP contribution in [0.4, 0.5) is 0 Å². The fourth-order valence-corrected chi connectivity index (χ4v) is 2.05. The van der Waals surface area contributed by atoms with E-state index in [1.807, 2.05) is 51.7 Å². The van der Waals surface area contributed by atoms with Gasteiger partial charge in [0.2, 0.25) is 0 Å². The molecule has 3 heterocycles. The van der Waals surface area contributed by atoms with Crippen LogP contribution in [0.25, 0.3) is 17.2 Å². The Morgan fingerprint density at radius 1 is 1.25 bits per heavy atom. The van der Waals surface area contributed by atoms with Gasteiger partial charge in [0.1, 0.15) is 5.52 Å². The predicted molar refractivity (Wildman–Crippen MR) is 78.8 cm³/mol. The number of rotatable bonds is 1. The zero-order valence-electron chi connectivity index (χ0n) is 12.4. The molecule has 1 N–H and O–H groups in total. The monoisotopic (exact) mass is 273 g/mol. The lowest BCUT2D eigenvalue weighted by molar-refractivity contribution is 0.849. The molecule has 0 spiro atoms. The molecule has 0 saturated heterocycles. The molecule has 0 aliphatic rings. The maximum absolute atomic E-state index is 12.1. The van der Waals surface area contributed by atoms with Gasteiger partial charge in [-0.05, 0) is 25.0 Å². The average molecular weight is 273 g/mol. The van der Waals surface area contributed by atoms with Crippen LogP contribution in [-0.4, -0.2) is 24.1 Å². The molecule has 20 heavy (non-hydrogen) atoms. The standard InChI is InChI=1S/C12H13N5O.C2H6/c1-7-6-17-9(8(7)2)12(18)14-10(15-17)11-13-4-5-16(11)3;1-2/h4-6H,1-3H3,(H,14,15,18);1-2H3. The number of aromatic nitrogens is 5. The number of nitrogens with one attached hydrogen (secondary N) is 1. The van der Waals surface area contributed by atoms with Crippen molar-refractivity contribution in [2.45, 2.75) is 27.7 Å². The summed E-state index contributed by atoms with van der Waals surface area (Å²) in [4.78, 5) is 19.0. The van der Waals surface area contributed by atoms with Gasteiger partial charge in [-0.25, -0.2) is 9.50 Å². The summed E-state index contributed by atoms with van der Waals surface area (Å²) in [7, 11) is 1.86. The number of imidazole rings is 1. The molecule has 0 aromatic carbocycles. The van der Waals surface area contributed by atoms with Crippen molar-refractivity contribution in [2.75, 3.05) is 0 Å². The summed E-state index contributed by atoms with van der Waals surface area (Å²) in [6, 6.07) is 0. The Morgan fingerprint density at radius 3 is 2.55 bits per heavy atom. The molecule has 0 aliphatic carbocycles. The minimum absolute atomic E-state index is 0.145. The molecule has 0 saturated carbocycles. The highest BCUT2D eigenvalue weighted by Gasteiger charge is 2.12. The summed E-state index contributed by atoms with van der Waals surface area (Å²) in [6.45, 7) is 7.88. The van der Waals surface area contributed by atoms with Gasteiger partial charge in [0.25, 0.3) is 5.56 Å². The van der Waals surface area contributed by atoms with Crippen LogP contribution >= 0.6 is 0 Å². The van der Waals surface area contributed by atoms with Crippen LogP contribution in [0.1, 0.15) is 25.0 Å². The van der Waals surface area contributed by atoms with Crippen molar-refractivity contribution >= 4 is 5.52 Å². The second kappa shape index (κ2) is 5.32. The van der Waals surface area contributed by atoms with Crippen LogP contribution in [0, 0.1) is 13.8 Å². The van der Waals surface area contributed by atoms with Crippen LogP contribution in [0.15, 0.2) is 23.4 Å². The predicted octanol–water partition coefficient (Wildman–Crippen LogP) is 2.07. The molecular weight excluding hydrogens is 254 g/mol. The van der Waals surface area contributed by atoms with Gasteiger partial charge in [-0.15, -0.1) is 5.10 Å². The van der Waals surface area contributed by atoms with E-state index >= 15 is 0 Å². The first-order valence-corrected chi connectivity index (χ1v) is 6.64. The minimum atomic E-state index is -0.145. The topological polar surface area (TPSA) is 68.0 Å². The molecule has 3 aromatic rings. The number of hydrogen-bond donors (Lipinski definition) is 1. The maximum Gasteiger partial charge on any atom is 0.275 e. The molecule has 3 aromatic heterocycles. The third-order valence-electron chi connectivity index (χ3n) is 3.18. The van der Waals surface area contributed by atoms with E-state index in [0.717, 1.165) is 11.1 Å². The Hall–Kier alpha value is -2.37. The maximum atomic E-state index is 12.1. The Morgan fingerprint density at radius 2 is 1.95 bits per heavy atom. The lowest BCUT2D eigenvalue weighted by atomic mass is 10.2. The highest BCUT2D eigenvalue weighted by atomic mass is 16.1. The molecule has 6 heteroatoms. The van der Waals surface area contributed by atoms with Crippen LogP contribution in [0.3, 0.4) is 0 Å². The normalized spacial score (nSPS) is 10.4. The van der Waals surface area contributed by atoms with Gasteiger partial charge in [0.15, 0.2) is 11.6 Å². The number of nitrogens with zero attached hydrogens (tertiary/aromatic N) is 4. The van der Waals surface area contributed by atoms with E-state index in [-0.39, 0.29) is 5.56 Å². The summed E-state index contributed by atoms with van der Waals surface area (Å²) in [5.74, 6) is 1.10. The molecule has 0 fully saturated rings. The van der Waals surface area contributed by atoms with Gasteiger partial charge < -0.3 is 9.55 Å². The Labute approximate surface area is 117 Å². The first kappa shape index (κ1) is 14.0. The number of fused-ring (bicyclic) bond motifs is 1. The minimum Gasteiger partial charge on any atom is -0.331 e. The molecule has 0 unspecified atom stereocenters. The van der Waals surface area contributed by atoms with Crippen LogP contribution in [0.5, 0.6) is 0 Å². The van der Waals surface area contributed by atoms with E-state index in [9.17, 15) is 4.79 Å². The largest absolute Gasteiger partial charge is 0.331 e. The molecule has 3 rings (SSSR count). The van der Waals surface area contributed by atoms with Crippen LogP contribution in [-0.2, 0) is 7.05 Å². The van der Waals surface area contributed by atoms with Crippen molar-refractivity contribution in [3.05, 3.63) is 40.1 Å². The van der Waals surface area contributed by atoms with Crippen molar-refractivity contribution in [1.82, 2.24) is 24.1 Å². The summed E-state index contributed by atoms with van der Waals surface area (Å²) in [5.41, 5.74) is 2.44. The number of H-pyrrole nitrogens is 1. The highest BCUT2D eigenvalue weighted by Crippen LogP contribution is 2.14. The van der Waals surface area contributed by atoms with E-state index in [2.05, 4.69) is 15.1 Å². The molecule has 0 atom stereocenters. The fraction of sp³-hybridized carbons (Fsp3) is 0.357. The molecule has 0 radical (unpaired) electrons. The summed E-state index contributed by atoms with van der Waals surface area (Å²) in [5, 5.41) is 4.40. The molecule has 6 nitrogen and oxygen atoms in total. The molecule has 0 aliphatic heterocycles. The second-order valence-electron chi connectivity index (χ2n) is 4.39.